The van der Waals surface area contributed by atoms with Gasteiger partial charge in [0.1, 0.15) is 5.82 Å². The van der Waals surface area contributed by atoms with E-state index in [2.05, 4.69) is 48.3 Å². The minimum absolute atomic E-state index is 0.249. The quantitative estimate of drug-likeness (QED) is 0.825. The van der Waals surface area contributed by atoms with Crippen LogP contribution in [-0.2, 0) is 0 Å². The van der Waals surface area contributed by atoms with Crippen LogP contribution in [0.5, 0.6) is 0 Å². The number of aryl methyl sites for hydroxylation is 1. The van der Waals surface area contributed by atoms with E-state index in [9.17, 15) is 0 Å². The van der Waals surface area contributed by atoms with Gasteiger partial charge < -0.3 is 10.6 Å². The van der Waals surface area contributed by atoms with Crippen LogP contribution in [0.2, 0.25) is 0 Å². The summed E-state index contributed by atoms with van der Waals surface area (Å²) in [6.45, 7) is 11.9. The lowest BCUT2D eigenvalue weighted by Crippen LogP contribution is -2.28. The molecule has 0 unspecified atom stereocenters. The molecule has 0 spiro atoms. The van der Waals surface area contributed by atoms with Crippen LogP contribution in [0, 0.1) is 18.3 Å². The number of nitrogens with one attached hydrogen (secondary N) is 2. The van der Waals surface area contributed by atoms with Crippen molar-refractivity contribution in [3.8, 4) is 0 Å². The van der Waals surface area contributed by atoms with Crippen molar-refractivity contribution >= 4 is 11.8 Å². The lowest BCUT2D eigenvalue weighted by atomic mass is 9.81. The first-order valence-electron chi connectivity index (χ1n) is 6.12. The summed E-state index contributed by atoms with van der Waals surface area (Å²) < 4.78 is 0. The maximum Gasteiger partial charge on any atom is 0.224 e. The van der Waals surface area contributed by atoms with Gasteiger partial charge in [-0.1, -0.05) is 27.7 Å². The van der Waals surface area contributed by atoms with Gasteiger partial charge in [0, 0.05) is 25.4 Å². The summed E-state index contributed by atoms with van der Waals surface area (Å²) in [5, 5.41) is 6.36. The van der Waals surface area contributed by atoms with Crippen LogP contribution in [0.4, 0.5) is 11.8 Å². The monoisotopic (exact) mass is 236 g/mol. The highest BCUT2D eigenvalue weighted by Crippen LogP contribution is 2.26. The third-order valence-corrected chi connectivity index (χ3v) is 3.37. The molecule has 2 N–H and O–H groups in total. The van der Waals surface area contributed by atoms with Gasteiger partial charge in [0.05, 0.1) is 0 Å². The molecule has 1 rings (SSSR count). The molecule has 0 aliphatic carbocycles. The second-order valence-corrected chi connectivity index (χ2v) is 5.47. The largest absolute Gasteiger partial charge is 0.369 e. The van der Waals surface area contributed by atoms with Crippen molar-refractivity contribution in [2.24, 2.45) is 11.3 Å². The van der Waals surface area contributed by atoms with Crippen LogP contribution in [0.25, 0.3) is 0 Å². The topological polar surface area (TPSA) is 49.8 Å². The standard InChI is InChI=1S/C13H24N4/c1-9(2)13(4,5)8-15-11-7-10(3)16-12(14-6)17-11/h7,9H,8H2,1-6H3,(H2,14,15,16,17). The molecule has 0 aliphatic rings. The Morgan fingerprint density at radius 1 is 1.29 bits per heavy atom. The first-order chi connectivity index (χ1) is 7.85. The van der Waals surface area contributed by atoms with E-state index in [-0.39, 0.29) is 5.41 Å². The Morgan fingerprint density at radius 3 is 2.47 bits per heavy atom. The molecule has 1 heterocycles. The van der Waals surface area contributed by atoms with Gasteiger partial charge >= 0.3 is 0 Å². The molecule has 4 heteroatoms. The van der Waals surface area contributed by atoms with Gasteiger partial charge in [-0.3, -0.25) is 0 Å². The van der Waals surface area contributed by atoms with Crippen molar-refractivity contribution in [1.29, 1.82) is 0 Å². The SMILES string of the molecule is CNc1nc(C)cc(NCC(C)(C)C(C)C)n1. The third kappa shape index (κ3) is 3.88. The van der Waals surface area contributed by atoms with Gasteiger partial charge in [0.25, 0.3) is 0 Å². The molecule has 4 nitrogen and oxygen atoms in total. The predicted molar refractivity (Wildman–Crippen MR) is 73.4 cm³/mol. The molecule has 17 heavy (non-hydrogen) atoms. The minimum Gasteiger partial charge on any atom is -0.369 e. The van der Waals surface area contributed by atoms with Gasteiger partial charge in [0.2, 0.25) is 5.95 Å². The molecule has 0 fully saturated rings. The Labute approximate surface area is 104 Å². The fraction of sp³-hybridized carbons (Fsp3) is 0.692. The van der Waals surface area contributed by atoms with Crippen LogP contribution >= 0.6 is 0 Å². The molecular weight excluding hydrogens is 212 g/mol. The number of nitrogens with zero attached hydrogens (tertiary/aromatic N) is 2. The maximum absolute atomic E-state index is 4.38. The second-order valence-electron chi connectivity index (χ2n) is 5.47. The number of aromatic nitrogens is 2. The summed E-state index contributed by atoms with van der Waals surface area (Å²) >= 11 is 0. The molecule has 0 atom stereocenters. The Morgan fingerprint density at radius 2 is 1.94 bits per heavy atom. The summed E-state index contributed by atoms with van der Waals surface area (Å²) in [6, 6.07) is 1.97. The third-order valence-electron chi connectivity index (χ3n) is 3.37. The normalized spacial score (nSPS) is 11.7. The zero-order valence-electron chi connectivity index (χ0n) is 11.8. The Kier molecular flexibility index (Phi) is 4.32. The van der Waals surface area contributed by atoms with Crippen molar-refractivity contribution in [2.45, 2.75) is 34.6 Å². The van der Waals surface area contributed by atoms with Gasteiger partial charge in [-0.2, -0.15) is 4.98 Å². The minimum atomic E-state index is 0.249. The average Bonchev–Trinajstić information content (AvgIpc) is 2.25. The van der Waals surface area contributed by atoms with E-state index < -0.39 is 0 Å². The lowest BCUT2D eigenvalue weighted by molar-refractivity contribution is 0.269. The van der Waals surface area contributed by atoms with Gasteiger partial charge in [0.15, 0.2) is 0 Å². The van der Waals surface area contributed by atoms with Gasteiger partial charge in [-0.15, -0.1) is 0 Å². The second kappa shape index (κ2) is 5.34. The van der Waals surface area contributed by atoms with E-state index in [1.165, 1.54) is 0 Å². The summed E-state index contributed by atoms with van der Waals surface area (Å²) in [6.07, 6.45) is 0. The number of hydrogen-bond donors (Lipinski definition) is 2. The van der Waals surface area contributed by atoms with Gasteiger partial charge in [-0.25, -0.2) is 4.98 Å². The molecule has 0 saturated heterocycles. The molecule has 1 aromatic heterocycles. The highest BCUT2D eigenvalue weighted by Gasteiger charge is 2.22. The average molecular weight is 236 g/mol. The zero-order valence-corrected chi connectivity index (χ0v) is 11.8. The molecule has 1 aromatic rings. The van der Waals surface area contributed by atoms with Crippen LogP contribution < -0.4 is 10.6 Å². The van der Waals surface area contributed by atoms with Crippen molar-refractivity contribution in [3.63, 3.8) is 0 Å². The van der Waals surface area contributed by atoms with Crippen LogP contribution in [0.15, 0.2) is 6.07 Å². The molecule has 0 aliphatic heterocycles. The summed E-state index contributed by atoms with van der Waals surface area (Å²) in [7, 11) is 1.83. The molecule has 0 aromatic carbocycles. The molecule has 0 bridgehead atoms. The van der Waals surface area contributed by atoms with E-state index in [1.54, 1.807) is 0 Å². The number of rotatable bonds is 5. The molecule has 0 radical (unpaired) electrons. The van der Waals surface area contributed by atoms with Crippen molar-refractivity contribution in [3.05, 3.63) is 11.8 Å². The summed E-state index contributed by atoms with van der Waals surface area (Å²) in [4.78, 5) is 8.65. The van der Waals surface area contributed by atoms with Crippen LogP contribution in [0.1, 0.15) is 33.4 Å². The number of anilines is 2. The first kappa shape index (κ1) is 13.7. The number of hydrogen-bond acceptors (Lipinski definition) is 4. The van der Waals surface area contributed by atoms with Crippen molar-refractivity contribution in [2.75, 3.05) is 24.2 Å². The smallest absolute Gasteiger partial charge is 0.224 e. The Bertz CT molecular complexity index is 372. The predicted octanol–water partition coefficient (Wildman–Crippen LogP) is 2.92. The zero-order chi connectivity index (χ0) is 13.1. The van der Waals surface area contributed by atoms with E-state index >= 15 is 0 Å². The maximum atomic E-state index is 4.38. The fourth-order valence-corrected chi connectivity index (χ4v) is 1.29. The fourth-order valence-electron chi connectivity index (χ4n) is 1.29. The van der Waals surface area contributed by atoms with E-state index in [0.717, 1.165) is 18.1 Å². The van der Waals surface area contributed by atoms with E-state index in [4.69, 9.17) is 0 Å². The molecule has 0 saturated carbocycles. The summed E-state index contributed by atoms with van der Waals surface area (Å²) in [5.41, 5.74) is 1.22. The first-order valence-corrected chi connectivity index (χ1v) is 6.12. The highest BCUT2D eigenvalue weighted by atomic mass is 15.1. The molecule has 96 valence electrons. The molecular formula is C13H24N4. The van der Waals surface area contributed by atoms with Crippen molar-refractivity contribution < 1.29 is 0 Å². The van der Waals surface area contributed by atoms with Crippen LogP contribution in [0.3, 0.4) is 0 Å². The Balaban J connectivity index is 2.72. The van der Waals surface area contributed by atoms with Crippen molar-refractivity contribution in [1.82, 2.24) is 9.97 Å². The van der Waals surface area contributed by atoms with Gasteiger partial charge in [-0.05, 0) is 18.3 Å². The highest BCUT2D eigenvalue weighted by molar-refractivity contribution is 5.41. The Hall–Kier alpha value is -1.32. The summed E-state index contributed by atoms with van der Waals surface area (Å²) in [5.74, 6) is 2.17. The molecule has 0 amide bonds. The van der Waals surface area contributed by atoms with E-state index in [1.807, 2.05) is 20.0 Å². The van der Waals surface area contributed by atoms with E-state index in [0.29, 0.717) is 11.9 Å². The lowest BCUT2D eigenvalue weighted by Gasteiger charge is -2.29. The van der Waals surface area contributed by atoms with Crippen LogP contribution in [-0.4, -0.2) is 23.6 Å².